The summed E-state index contributed by atoms with van der Waals surface area (Å²) < 4.78 is 42.4. The molecule has 12 heteroatoms. The molecule has 0 aliphatic rings. The van der Waals surface area contributed by atoms with Gasteiger partial charge in [-0.05, 0) is 67.6 Å². The number of anilines is 1. The number of nitrogens with one attached hydrogen (secondary N) is 3. The summed E-state index contributed by atoms with van der Waals surface area (Å²) >= 11 is 4.38. The van der Waals surface area contributed by atoms with Gasteiger partial charge in [0, 0.05) is 17.8 Å². The van der Waals surface area contributed by atoms with Gasteiger partial charge in [-0.15, -0.1) is 30.9 Å². The van der Waals surface area contributed by atoms with Gasteiger partial charge in [0.1, 0.15) is 17.6 Å². The molecule has 1 aromatic heterocycles. The first-order valence-electron chi connectivity index (χ1n) is 12.6. The van der Waals surface area contributed by atoms with Crippen molar-refractivity contribution < 1.29 is 22.7 Å². The van der Waals surface area contributed by atoms with E-state index in [9.17, 15) is 18.0 Å². The second-order valence-corrected chi connectivity index (χ2v) is 9.49. The summed E-state index contributed by atoms with van der Waals surface area (Å²) in [5.41, 5.74) is 3.98. The Bertz CT molecular complexity index is 1390. The number of carbonyl (C=O) groups excluding carboxylic acids is 1. The molecule has 210 valence electrons. The summed E-state index contributed by atoms with van der Waals surface area (Å²) in [7, 11) is 0. The third kappa shape index (κ3) is 8.67. The van der Waals surface area contributed by atoms with Gasteiger partial charge in [0.05, 0.1) is 5.69 Å². The molecule has 2 amide bonds. The molecule has 0 saturated heterocycles. The molecule has 0 aliphatic carbocycles. The number of carbonyl (C=O) groups is 1. The van der Waals surface area contributed by atoms with E-state index in [1.165, 1.54) is 35.3 Å². The van der Waals surface area contributed by atoms with Crippen molar-refractivity contribution in [2.75, 3.05) is 11.9 Å². The quantitative estimate of drug-likeness (QED) is 0.0995. The Morgan fingerprint density at radius 2 is 1.75 bits per heavy atom. The number of unbranched alkanes of at least 4 members (excludes halogenated alkanes) is 1. The van der Waals surface area contributed by atoms with Crippen LogP contribution in [0.2, 0.25) is 0 Å². The van der Waals surface area contributed by atoms with Crippen molar-refractivity contribution in [2.45, 2.75) is 38.0 Å². The molecule has 8 nitrogen and oxygen atoms in total. The average Bonchev–Trinajstić information content (AvgIpc) is 3.40. The monoisotopic (exact) mass is 570 g/mol. The van der Waals surface area contributed by atoms with E-state index in [0.717, 1.165) is 41.6 Å². The SMILES string of the molecule is Cc1ccccc1NC(S)NC(=O)NCCCCc1ccc(-c2ncn(-c3ccc(OC(F)(F)F)cc3)n2)cc1. The van der Waals surface area contributed by atoms with Gasteiger partial charge in [0.25, 0.3) is 0 Å². The van der Waals surface area contributed by atoms with Gasteiger partial charge in [-0.3, -0.25) is 0 Å². The molecule has 40 heavy (non-hydrogen) atoms. The Morgan fingerprint density at radius 1 is 1.02 bits per heavy atom. The number of rotatable bonds is 11. The molecule has 0 saturated carbocycles. The van der Waals surface area contributed by atoms with Crippen LogP contribution in [0.4, 0.5) is 23.7 Å². The molecule has 0 aliphatic heterocycles. The minimum Gasteiger partial charge on any atom is -0.406 e. The standard InChI is InChI=1S/C28H29F3N6O2S/c1-19-6-2-3-8-24(19)34-27(40)35-26(38)32-17-5-4-7-20-9-11-21(12-10-20)25-33-18-37(36-25)22-13-15-23(16-14-22)39-28(29,30)31/h2-3,6,8-16,18,27,34,40H,4-5,7,17H2,1H3,(H2,32,35,38). The molecule has 1 unspecified atom stereocenters. The van der Waals surface area contributed by atoms with Crippen LogP contribution in [0.1, 0.15) is 24.0 Å². The van der Waals surface area contributed by atoms with Crippen molar-refractivity contribution in [3.05, 3.63) is 90.3 Å². The van der Waals surface area contributed by atoms with Crippen molar-refractivity contribution in [3.63, 3.8) is 0 Å². The van der Waals surface area contributed by atoms with Crippen LogP contribution in [-0.2, 0) is 6.42 Å². The lowest BCUT2D eigenvalue weighted by atomic mass is 10.1. The van der Waals surface area contributed by atoms with Crippen molar-refractivity contribution >= 4 is 24.3 Å². The normalized spacial score (nSPS) is 12.0. The molecular formula is C28H29F3N6O2S. The molecular weight excluding hydrogens is 541 g/mol. The van der Waals surface area contributed by atoms with Crippen LogP contribution in [-0.4, -0.2) is 39.2 Å². The number of nitrogens with zero attached hydrogens (tertiary/aromatic N) is 3. The molecule has 0 bridgehead atoms. The van der Waals surface area contributed by atoms with Gasteiger partial charge >= 0.3 is 12.4 Å². The Kier molecular flexibility index (Phi) is 9.54. The minimum absolute atomic E-state index is 0.289. The molecule has 1 heterocycles. The zero-order valence-electron chi connectivity index (χ0n) is 21.7. The number of alkyl halides is 3. The predicted octanol–water partition coefficient (Wildman–Crippen LogP) is 6.09. The Hall–Kier alpha value is -4.19. The number of ether oxygens (including phenoxy) is 1. The average molecular weight is 571 g/mol. The van der Waals surface area contributed by atoms with Gasteiger partial charge in [0.15, 0.2) is 5.82 Å². The Morgan fingerprint density at radius 3 is 2.45 bits per heavy atom. The first-order valence-corrected chi connectivity index (χ1v) is 13.1. The summed E-state index contributed by atoms with van der Waals surface area (Å²) in [5, 5.41) is 13.2. The third-order valence-corrected chi connectivity index (χ3v) is 6.18. The molecule has 3 N–H and O–H groups in total. The van der Waals surface area contributed by atoms with Crippen LogP contribution < -0.4 is 20.7 Å². The lowest BCUT2D eigenvalue weighted by Gasteiger charge is -2.18. The maximum atomic E-state index is 12.3. The van der Waals surface area contributed by atoms with Gasteiger partial charge in [-0.25, -0.2) is 14.5 Å². The molecule has 0 spiro atoms. The third-order valence-electron chi connectivity index (χ3n) is 5.92. The van der Waals surface area contributed by atoms with E-state index < -0.39 is 11.9 Å². The summed E-state index contributed by atoms with van der Waals surface area (Å²) in [4.78, 5) is 16.4. The van der Waals surface area contributed by atoms with Crippen LogP contribution >= 0.6 is 12.6 Å². The van der Waals surface area contributed by atoms with E-state index in [1.54, 1.807) is 0 Å². The summed E-state index contributed by atoms with van der Waals surface area (Å²) in [6.07, 6.45) is -0.678. The second-order valence-electron chi connectivity index (χ2n) is 8.97. The highest BCUT2D eigenvalue weighted by molar-refractivity contribution is 7.81. The second kappa shape index (κ2) is 13.2. The number of aryl methyl sites for hydroxylation is 2. The predicted molar refractivity (Wildman–Crippen MR) is 151 cm³/mol. The fourth-order valence-corrected chi connectivity index (χ4v) is 4.15. The van der Waals surface area contributed by atoms with Gasteiger partial charge in [-0.1, -0.05) is 42.5 Å². The zero-order valence-corrected chi connectivity index (χ0v) is 22.5. The molecule has 0 radical (unpaired) electrons. The lowest BCUT2D eigenvalue weighted by molar-refractivity contribution is -0.274. The molecule has 4 rings (SSSR count). The number of hydrogen-bond donors (Lipinski definition) is 4. The first-order chi connectivity index (χ1) is 19.2. The summed E-state index contributed by atoms with van der Waals surface area (Å²) in [6.45, 7) is 2.52. The van der Waals surface area contributed by atoms with E-state index in [4.69, 9.17) is 0 Å². The zero-order chi connectivity index (χ0) is 28.5. The number of aromatic nitrogens is 3. The Balaban J connectivity index is 1.18. The fraction of sp³-hybridized carbons (Fsp3) is 0.250. The largest absolute Gasteiger partial charge is 0.573 e. The molecule has 0 fully saturated rings. The Labute approximate surface area is 235 Å². The van der Waals surface area contributed by atoms with E-state index in [2.05, 4.69) is 43.4 Å². The number of thiol groups is 1. The lowest BCUT2D eigenvalue weighted by Crippen LogP contribution is -2.43. The maximum absolute atomic E-state index is 12.3. The molecule has 4 aromatic rings. The number of para-hydroxylation sites is 1. The molecule has 1 atom stereocenters. The van der Waals surface area contributed by atoms with Crippen molar-refractivity contribution in [2.24, 2.45) is 0 Å². The van der Waals surface area contributed by atoms with E-state index in [1.807, 2.05) is 55.5 Å². The number of benzene rings is 3. The number of urea groups is 1. The van der Waals surface area contributed by atoms with Crippen LogP contribution in [0.25, 0.3) is 17.1 Å². The van der Waals surface area contributed by atoms with Crippen molar-refractivity contribution in [3.8, 4) is 22.8 Å². The minimum atomic E-state index is -4.74. The van der Waals surface area contributed by atoms with Gasteiger partial charge in [0.2, 0.25) is 0 Å². The maximum Gasteiger partial charge on any atom is 0.573 e. The highest BCUT2D eigenvalue weighted by atomic mass is 32.1. The number of halogens is 3. The summed E-state index contributed by atoms with van der Waals surface area (Å²) in [5.74, 6) is 0.195. The van der Waals surface area contributed by atoms with Crippen LogP contribution in [0.15, 0.2) is 79.1 Å². The summed E-state index contributed by atoms with van der Waals surface area (Å²) in [6, 6.07) is 20.7. The van der Waals surface area contributed by atoms with Crippen molar-refractivity contribution in [1.29, 1.82) is 0 Å². The first kappa shape index (κ1) is 28.8. The van der Waals surface area contributed by atoms with Gasteiger partial charge in [-0.2, -0.15) is 0 Å². The van der Waals surface area contributed by atoms with Gasteiger partial charge < -0.3 is 20.7 Å². The molecule has 3 aromatic carbocycles. The van der Waals surface area contributed by atoms with Crippen LogP contribution in [0, 0.1) is 6.92 Å². The highest BCUT2D eigenvalue weighted by Gasteiger charge is 2.31. The van der Waals surface area contributed by atoms with Crippen molar-refractivity contribution in [1.82, 2.24) is 25.4 Å². The van der Waals surface area contributed by atoms with E-state index in [-0.39, 0.29) is 11.8 Å². The number of hydrogen-bond acceptors (Lipinski definition) is 6. The number of amides is 2. The smallest absolute Gasteiger partial charge is 0.406 e. The van der Waals surface area contributed by atoms with Crippen LogP contribution in [0.3, 0.4) is 0 Å². The fourth-order valence-electron chi connectivity index (χ4n) is 3.89. The topological polar surface area (TPSA) is 93.1 Å². The highest BCUT2D eigenvalue weighted by Crippen LogP contribution is 2.24. The van der Waals surface area contributed by atoms with E-state index in [0.29, 0.717) is 18.1 Å². The van der Waals surface area contributed by atoms with E-state index >= 15 is 0 Å². The van der Waals surface area contributed by atoms with Crippen LogP contribution in [0.5, 0.6) is 5.75 Å².